The van der Waals surface area contributed by atoms with E-state index in [9.17, 15) is 0 Å². The molecule has 0 amide bonds. The van der Waals surface area contributed by atoms with Crippen LogP contribution in [0.4, 0.5) is 0 Å². The zero-order chi connectivity index (χ0) is 11.3. The quantitative estimate of drug-likeness (QED) is 0.735. The summed E-state index contributed by atoms with van der Waals surface area (Å²) in [7, 11) is 6.54. The third-order valence-corrected chi connectivity index (χ3v) is 3.63. The number of likely N-dealkylation sites (N-methyl/N-ethyl adjacent to an activating group) is 2. The molecule has 1 aliphatic rings. The van der Waals surface area contributed by atoms with Crippen LogP contribution in [0.15, 0.2) is 0 Å². The summed E-state index contributed by atoms with van der Waals surface area (Å²) in [5, 5.41) is 3.29. The van der Waals surface area contributed by atoms with Gasteiger partial charge in [0.1, 0.15) is 0 Å². The molecule has 1 rings (SSSR count). The highest BCUT2D eigenvalue weighted by atomic mass is 15.2. The van der Waals surface area contributed by atoms with Crippen LogP contribution in [0.3, 0.4) is 0 Å². The molecule has 2 atom stereocenters. The van der Waals surface area contributed by atoms with Crippen molar-refractivity contribution in [2.24, 2.45) is 0 Å². The highest BCUT2D eigenvalue weighted by Gasteiger charge is 2.20. The lowest BCUT2D eigenvalue weighted by Gasteiger charge is -2.36. The van der Waals surface area contributed by atoms with Crippen molar-refractivity contribution >= 4 is 0 Å². The third kappa shape index (κ3) is 4.49. The largest absolute Gasteiger partial charge is 0.317 e. The number of nitrogens with zero attached hydrogens (tertiary/aromatic N) is 2. The Morgan fingerprint density at radius 1 is 1.53 bits per heavy atom. The van der Waals surface area contributed by atoms with Crippen LogP contribution in [0, 0.1) is 0 Å². The maximum atomic E-state index is 3.29. The molecule has 90 valence electrons. The first-order valence-electron chi connectivity index (χ1n) is 6.19. The summed E-state index contributed by atoms with van der Waals surface area (Å²) >= 11 is 0. The molecule has 1 saturated heterocycles. The van der Waals surface area contributed by atoms with Gasteiger partial charge in [-0.15, -0.1) is 0 Å². The van der Waals surface area contributed by atoms with Crippen LogP contribution in [-0.2, 0) is 0 Å². The van der Waals surface area contributed by atoms with Crippen molar-refractivity contribution in [2.75, 3.05) is 40.8 Å². The van der Waals surface area contributed by atoms with Gasteiger partial charge in [-0.25, -0.2) is 0 Å². The molecule has 15 heavy (non-hydrogen) atoms. The van der Waals surface area contributed by atoms with E-state index in [2.05, 4.69) is 36.1 Å². The number of hydrogen-bond acceptors (Lipinski definition) is 3. The average molecular weight is 213 g/mol. The predicted octanol–water partition coefficient (Wildman–Crippen LogP) is 1.01. The van der Waals surface area contributed by atoms with Crippen molar-refractivity contribution in [3.63, 3.8) is 0 Å². The van der Waals surface area contributed by atoms with Crippen LogP contribution in [0.2, 0.25) is 0 Å². The first-order valence-corrected chi connectivity index (χ1v) is 6.19. The number of likely N-dealkylation sites (tertiary alicyclic amines) is 1. The molecule has 3 heteroatoms. The van der Waals surface area contributed by atoms with Crippen molar-refractivity contribution < 1.29 is 0 Å². The van der Waals surface area contributed by atoms with E-state index in [1.807, 2.05) is 7.05 Å². The van der Waals surface area contributed by atoms with Crippen molar-refractivity contribution in [1.29, 1.82) is 0 Å². The molecule has 0 radical (unpaired) electrons. The first kappa shape index (κ1) is 12.9. The minimum atomic E-state index is 0.633. The molecule has 0 saturated carbocycles. The van der Waals surface area contributed by atoms with Gasteiger partial charge in [0.25, 0.3) is 0 Å². The predicted molar refractivity (Wildman–Crippen MR) is 66.3 cm³/mol. The molecule has 0 aromatic rings. The monoisotopic (exact) mass is 213 g/mol. The van der Waals surface area contributed by atoms with E-state index in [-0.39, 0.29) is 0 Å². The maximum absolute atomic E-state index is 3.29. The van der Waals surface area contributed by atoms with E-state index in [4.69, 9.17) is 0 Å². The van der Waals surface area contributed by atoms with Gasteiger partial charge in [0, 0.05) is 18.6 Å². The Morgan fingerprint density at radius 2 is 2.27 bits per heavy atom. The Kier molecular flexibility index (Phi) is 5.58. The smallest absolute Gasteiger partial charge is 0.0220 e. The van der Waals surface area contributed by atoms with Crippen LogP contribution in [-0.4, -0.2) is 62.7 Å². The van der Waals surface area contributed by atoms with Crippen molar-refractivity contribution in [2.45, 2.75) is 38.3 Å². The highest BCUT2D eigenvalue weighted by molar-refractivity contribution is 4.78. The number of piperidine rings is 1. The van der Waals surface area contributed by atoms with E-state index in [1.54, 1.807) is 0 Å². The number of rotatable bonds is 5. The Labute approximate surface area is 94.8 Å². The summed E-state index contributed by atoms with van der Waals surface area (Å²) in [5.41, 5.74) is 0. The molecule has 3 nitrogen and oxygen atoms in total. The minimum absolute atomic E-state index is 0.633. The Bertz CT molecular complexity index is 172. The lowest BCUT2D eigenvalue weighted by Crippen LogP contribution is -2.45. The maximum Gasteiger partial charge on any atom is 0.0220 e. The topological polar surface area (TPSA) is 18.5 Å². The summed E-state index contributed by atoms with van der Waals surface area (Å²) in [6.45, 7) is 5.98. The Balaban J connectivity index is 2.23. The molecule has 0 aromatic heterocycles. The van der Waals surface area contributed by atoms with Crippen molar-refractivity contribution in [3.05, 3.63) is 0 Å². The molecule has 1 fully saturated rings. The van der Waals surface area contributed by atoms with Crippen LogP contribution in [0.5, 0.6) is 0 Å². The lowest BCUT2D eigenvalue weighted by atomic mass is 10.0. The van der Waals surface area contributed by atoms with Gasteiger partial charge in [0.15, 0.2) is 0 Å². The minimum Gasteiger partial charge on any atom is -0.317 e. The summed E-state index contributed by atoms with van der Waals surface area (Å²) < 4.78 is 0. The average Bonchev–Trinajstić information content (AvgIpc) is 2.25. The van der Waals surface area contributed by atoms with Gasteiger partial charge in [-0.05, 0) is 60.4 Å². The van der Waals surface area contributed by atoms with Crippen LogP contribution < -0.4 is 5.32 Å². The van der Waals surface area contributed by atoms with Gasteiger partial charge in [-0.2, -0.15) is 0 Å². The van der Waals surface area contributed by atoms with Crippen molar-refractivity contribution in [1.82, 2.24) is 15.1 Å². The van der Waals surface area contributed by atoms with E-state index in [1.165, 1.54) is 38.9 Å². The fourth-order valence-corrected chi connectivity index (χ4v) is 2.22. The SMILES string of the molecule is CNC(C)CCN(C)C1CCCN(C)C1. The third-order valence-electron chi connectivity index (χ3n) is 3.63. The highest BCUT2D eigenvalue weighted by Crippen LogP contribution is 2.13. The molecule has 0 bridgehead atoms. The normalized spacial score (nSPS) is 25.8. The number of hydrogen-bond donors (Lipinski definition) is 1. The Hall–Kier alpha value is -0.120. The fourth-order valence-electron chi connectivity index (χ4n) is 2.22. The van der Waals surface area contributed by atoms with Gasteiger partial charge < -0.3 is 15.1 Å². The second-order valence-electron chi connectivity index (χ2n) is 5.02. The summed E-state index contributed by atoms with van der Waals surface area (Å²) in [6, 6.07) is 1.40. The second kappa shape index (κ2) is 6.46. The molecular formula is C12H27N3. The number of nitrogens with one attached hydrogen (secondary N) is 1. The second-order valence-corrected chi connectivity index (χ2v) is 5.02. The van der Waals surface area contributed by atoms with E-state index in [0.717, 1.165) is 6.04 Å². The Morgan fingerprint density at radius 3 is 2.87 bits per heavy atom. The van der Waals surface area contributed by atoms with Gasteiger partial charge in [0.05, 0.1) is 0 Å². The fraction of sp³-hybridized carbons (Fsp3) is 1.00. The first-order chi connectivity index (χ1) is 7.13. The van der Waals surface area contributed by atoms with Gasteiger partial charge >= 0.3 is 0 Å². The molecule has 0 aliphatic carbocycles. The van der Waals surface area contributed by atoms with Gasteiger partial charge in [-0.3, -0.25) is 0 Å². The zero-order valence-corrected chi connectivity index (χ0v) is 10.8. The summed E-state index contributed by atoms with van der Waals surface area (Å²) in [6.07, 6.45) is 3.97. The van der Waals surface area contributed by atoms with E-state index in [0.29, 0.717) is 6.04 Å². The van der Waals surface area contributed by atoms with E-state index >= 15 is 0 Å². The zero-order valence-electron chi connectivity index (χ0n) is 10.8. The molecule has 1 aliphatic heterocycles. The van der Waals surface area contributed by atoms with Gasteiger partial charge in [0.2, 0.25) is 0 Å². The lowest BCUT2D eigenvalue weighted by molar-refractivity contribution is 0.131. The van der Waals surface area contributed by atoms with Gasteiger partial charge in [-0.1, -0.05) is 0 Å². The summed E-state index contributed by atoms with van der Waals surface area (Å²) in [5.74, 6) is 0. The van der Waals surface area contributed by atoms with Crippen molar-refractivity contribution in [3.8, 4) is 0 Å². The standard InChI is InChI=1S/C12H27N3/c1-11(13-2)7-9-15(4)12-6-5-8-14(3)10-12/h11-13H,5-10H2,1-4H3. The summed E-state index contributed by atoms with van der Waals surface area (Å²) in [4.78, 5) is 4.98. The molecular weight excluding hydrogens is 186 g/mol. The molecule has 0 aromatic carbocycles. The molecule has 2 unspecified atom stereocenters. The molecule has 1 N–H and O–H groups in total. The van der Waals surface area contributed by atoms with E-state index < -0.39 is 0 Å². The van der Waals surface area contributed by atoms with Crippen LogP contribution in [0.25, 0.3) is 0 Å². The molecule has 0 spiro atoms. The van der Waals surface area contributed by atoms with Crippen LogP contribution in [0.1, 0.15) is 26.2 Å². The molecule has 1 heterocycles. The van der Waals surface area contributed by atoms with Crippen LogP contribution >= 0.6 is 0 Å².